The Balaban J connectivity index is 2.05. The predicted octanol–water partition coefficient (Wildman–Crippen LogP) is 1.70. The van der Waals surface area contributed by atoms with Crippen LogP contribution in [0.2, 0.25) is 0 Å². The Morgan fingerprint density at radius 2 is 2.08 bits per heavy atom. The van der Waals surface area contributed by atoms with Gasteiger partial charge in [-0.15, -0.1) is 0 Å². The van der Waals surface area contributed by atoms with E-state index < -0.39 is 17.3 Å². The SMILES string of the molecule is CC(=O)Nc1cc(NC(=O)N2CCCC(O)(CN(C)C)C2)ccc1F. The van der Waals surface area contributed by atoms with Gasteiger partial charge in [0.25, 0.3) is 0 Å². The van der Waals surface area contributed by atoms with Crippen LogP contribution in [0.1, 0.15) is 19.8 Å². The first-order valence-electron chi connectivity index (χ1n) is 8.19. The van der Waals surface area contributed by atoms with Gasteiger partial charge in [-0.05, 0) is 45.1 Å². The standard InChI is InChI=1S/C17H25FN4O3/c1-12(23)19-15-9-13(5-6-14(15)18)20-16(24)22-8-4-7-17(25,11-22)10-21(2)3/h5-6,9,25H,4,7-8,10-11H2,1-3H3,(H,19,23)(H,20,24). The van der Waals surface area contributed by atoms with Crippen LogP contribution in [0.5, 0.6) is 0 Å². The second-order valence-electron chi connectivity index (χ2n) is 6.79. The number of piperidine rings is 1. The highest BCUT2D eigenvalue weighted by molar-refractivity contribution is 5.92. The molecule has 2 rings (SSSR count). The lowest BCUT2D eigenvalue weighted by Crippen LogP contribution is -2.55. The van der Waals surface area contributed by atoms with Crippen LogP contribution in [0.4, 0.5) is 20.6 Å². The third kappa shape index (κ3) is 5.40. The number of nitrogens with zero attached hydrogens (tertiary/aromatic N) is 2. The number of rotatable bonds is 4. The Morgan fingerprint density at radius 3 is 2.72 bits per heavy atom. The minimum Gasteiger partial charge on any atom is -0.387 e. The van der Waals surface area contributed by atoms with Crippen LogP contribution >= 0.6 is 0 Å². The number of likely N-dealkylation sites (N-methyl/N-ethyl adjacent to an activating group) is 1. The maximum absolute atomic E-state index is 13.7. The Labute approximate surface area is 146 Å². The predicted molar refractivity (Wildman–Crippen MR) is 94.0 cm³/mol. The Kier molecular flexibility index (Phi) is 5.97. The lowest BCUT2D eigenvalue weighted by atomic mass is 9.92. The summed E-state index contributed by atoms with van der Waals surface area (Å²) in [6.45, 7) is 2.53. The zero-order chi connectivity index (χ0) is 18.6. The minimum atomic E-state index is -0.941. The van der Waals surface area contributed by atoms with E-state index in [0.29, 0.717) is 31.6 Å². The zero-order valence-corrected chi connectivity index (χ0v) is 14.8. The minimum absolute atomic E-state index is 0.00746. The van der Waals surface area contributed by atoms with Crippen molar-refractivity contribution in [3.63, 3.8) is 0 Å². The number of nitrogens with one attached hydrogen (secondary N) is 2. The summed E-state index contributed by atoms with van der Waals surface area (Å²) in [5, 5.41) is 15.7. The third-order valence-corrected chi connectivity index (χ3v) is 3.98. The van der Waals surface area contributed by atoms with Gasteiger partial charge in [-0.2, -0.15) is 0 Å². The number of aliphatic hydroxyl groups is 1. The number of carbonyl (C=O) groups excluding carboxylic acids is 2. The van der Waals surface area contributed by atoms with Gasteiger partial charge in [0.05, 0.1) is 17.8 Å². The summed E-state index contributed by atoms with van der Waals surface area (Å²) < 4.78 is 13.7. The largest absolute Gasteiger partial charge is 0.387 e. The number of hydrogen-bond acceptors (Lipinski definition) is 4. The molecule has 1 aliphatic heterocycles. The molecule has 1 fully saturated rings. The molecule has 0 bridgehead atoms. The van der Waals surface area contributed by atoms with Crippen molar-refractivity contribution in [2.75, 3.05) is 44.4 Å². The van der Waals surface area contributed by atoms with Crippen molar-refractivity contribution in [1.29, 1.82) is 0 Å². The van der Waals surface area contributed by atoms with Crippen LogP contribution in [0.25, 0.3) is 0 Å². The number of carbonyl (C=O) groups is 2. The summed E-state index contributed by atoms with van der Waals surface area (Å²) in [6, 6.07) is 3.61. The first-order valence-corrected chi connectivity index (χ1v) is 8.19. The van der Waals surface area contributed by atoms with Crippen molar-refractivity contribution < 1.29 is 19.1 Å². The molecule has 0 aromatic heterocycles. The molecule has 1 saturated heterocycles. The first-order chi connectivity index (χ1) is 11.7. The number of likely N-dealkylation sites (tertiary alicyclic amines) is 1. The number of amides is 3. The second kappa shape index (κ2) is 7.79. The summed E-state index contributed by atoms with van der Waals surface area (Å²) in [5.41, 5.74) is -0.562. The van der Waals surface area contributed by atoms with E-state index in [0.717, 1.165) is 0 Å². The molecule has 1 aromatic rings. The Bertz CT molecular complexity index is 653. The van der Waals surface area contributed by atoms with Gasteiger partial charge in [0.1, 0.15) is 5.82 Å². The van der Waals surface area contributed by atoms with Crippen LogP contribution in [0.15, 0.2) is 18.2 Å². The van der Waals surface area contributed by atoms with E-state index in [1.54, 1.807) is 4.90 Å². The van der Waals surface area contributed by atoms with Crippen LogP contribution in [-0.2, 0) is 4.79 Å². The molecule has 1 aliphatic rings. The fourth-order valence-corrected chi connectivity index (χ4v) is 3.09. The van der Waals surface area contributed by atoms with Gasteiger partial charge in [0.15, 0.2) is 0 Å². The van der Waals surface area contributed by atoms with Crippen LogP contribution in [0.3, 0.4) is 0 Å². The van der Waals surface area contributed by atoms with Crippen molar-refractivity contribution in [3.05, 3.63) is 24.0 Å². The first kappa shape index (κ1) is 19.1. The van der Waals surface area contributed by atoms with Gasteiger partial charge in [-0.1, -0.05) is 0 Å². The summed E-state index contributed by atoms with van der Waals surface area (Å²) in [6.07, 6.45) is 1.34. The topological polar surface area (TPSA) is 84.9 Å². The fourth-order valence-electron chi connectivity index (χ4n) is 3.09. The molecule has 3 amide bonds. The summed E-state index contributed by atoms with van der Waals surface area (Å²) in [4.78, 5) is 27.0. The molecule has 0 saturated carbocycles. The third-order valence-electron chi connectivity index (χ3n) is 3.98. The van der Waals surface area contributed by atoms with Gasteiger partial charge in [0, 0.05) is 25.7 Å². The van der Waals surface area contributed by atoms with Gasteiger partial charge >= 0.3 is 6.03 Å². The number of hydrogen-bond donors (Lipinski definition) is 3. The molecule has 1 aromatic carbocycles. The highest BCUT2D eigenvalue weighted by Crippen LogP contribution is 2.24. The number of halogens is 1. The number of β-amino-alcohol motifs (C(OH)–C–C–N with tert-alkyl or cyclic N) is 1. The number of benzene rings is 1. The normalized spacial score (nSPS) is 20.5. The van der Waals surface area contributed by atoms with Crippen LogP contribution in [-0.4, -0.2) is 66.2 Å². The zero-order valence-electron chi connectivity index (χ0n) is 14.8. The van der Waals surface area contributed by atoms with E-state index in [4.69, 9.17) is 0 Å². The Hall–Kier alpha value is -2.19. The van der Waals surface area contributed by atoms with E-state index >= 15 is 0 Å². The smallest absolute Gasteiger partial charge is 0.321 e. The molecule has 25 heavy (non-hydrogen) atoms. The highest BCUT2D eigenvalue weighted by Gasteiger charge is 2.35. The quantitative estimate of drug-likeness (QED) is 0.770. The fraction of sp³-hybridized carbons (Fsp3) is 0.529. The molecule has 0 radical (unpaired) electrons. The van der Waals surface area contributed by atoms with Crippen molar-refractivity contribution in [1.82, 2.24) is 9.80 Å². The molecular formula is C17H25FN4O3. The average Bonchev–Trinajstić information content (AvgIpc) is 2.48. The molecule has 138 valence electrons. The van der Waals surface area contributed by atoms with Crippen molar-refractivity contribution in [2.24, 2.45) is 0 Å². The van der Waals surface area contributed by atoms with E-state index in [2.05, 4.69) is 10.6 Å². The van der Waals surface area contributed by atoms with Gasteiger partial charge in [0.2, 0.25) is 5.91 Å². The second-order valence-corrected chi connectivity index (χ2v) is 6.79. The van der Waals surface area contributed by atoms with Crippen molar-refractivity contribution in [3.8, 4) is 0 Å². The monoisotopic (exact) mass is 352 g/mol. The summed E-state index contributed by atoms with van der Waals surface area (Å²) >= 11 is 0. The van der Waals surface area contributed by atoms with E-state index in [1.807, 2.05) is 19.0 Å². The molecule has 0 aliphatic carbocycles. The molecule has 3 N–H and O–H groups in total. The lowest BCUT2D eigenvalue weighted by molar-refractivity contribution is -0.114. The number of urea groups is 1. The molecule has 0 spiro atoms. The van der Waals surface area contributed by atoms with Crippen LogP contribution < -0.4 is 10.6 Å². The van der Waals surface area contributed by atoms with E-state index in [9.17, 15) is 19.1 Å². The van der Waals surface area contributed by atoms with Gasteiger partial charge in [-0.25, -0.2) is 9.18 Å². The van der Waals surface area contributed by atoms with E-state index in [-0.39, 0.29) is 18.3 Å². The van der Waals surface area contributed by atoms with E-state index in [1.165, 1.54) is 25.1 Å². The summed E-state index contributed by atoms with van der Waals surface area (Å²) in [7, 11) is 3.75. The maximum Gasteiger partial charge on any atom is 0.321 e. The van der Waals surface area contributed by atoms with Crippen molar-refractivity contribution in [2.45, 2.75) is 25.4 Å². The number of anilines is 2. The van der Waals surface area contributed by atoms with Gasteiger partial charge in [-0.3, -0.25) is 4.79 Å². The molecule has 1 atom stereocenters. The molecule has 7 nitrogen and oxygen atoms in total. The molecular weight excluding hydrogens is 327 g/mol. The van der Waals surface area contributed by atoms with Crippen molar-refractivity contribution >= 4 is 23.3 Å². The average molecular weight is 352 g/mol. The molecule has 1 heterocycles. The lowest BCUT2D eigenvalue weighted by Gasteiger charge is -2.40. The Morgan fingerprint density at radius 1 is 1.36 bits per heavy atom. The molecule has 8 heteroatoms. The van der Waals surface area contributed by atoms with Crippen LogP contribution in [0, 0.1) is 5.82 Å². The molecule has 1 unspecified atom stereocenters. The maximum atomic E-state index is 13.7. The highest BCUT2D eigenvalue weighted by atomic mass is 19.1. The van der Waals surface area contributed by atoms with Gasteiger partial charge < -0.3 is 25.5 Å². The summed E-state index contributed by atoms with van der Waals surface area (Å²) in [5.74, 6) is -0.973.